The van der Waals surface area contributed by atoms with Crippen LogP contribution < -0.4 is 10.4 Å². The fourth-order valence-electron chi connectivity index (χ4n) is 2.14. The third-order valence-corrected chi connectivity index (χ3v) is 3.43. The van der Waals surface area contributed by atoms with Crippen molar-refractivity contribution in [3.8, 4) is 5.75 Å². The van der Waals surface area contributed by atoms with E-state index in [0.717, 1.165) is 11.8 Å². The number of aliphatic hydroxyl groups excluding tert-OH is 1. The Morgan fingerprint density at radius 2 is 2.00 bits per heavy atom. The third kappa shape index (κ3) is 4.49. The lowest BCUT2D eigenvalue weighted by Gasteiger charge is -2.26. The van der Waals surface area contributed by atoms with Crippen LogP contribution in [0.4, 0.5) is 0 Å². The molecule has 0 atom stereocenters. The second kappa shape index (κ2) is 7.18. The summed E-state index contributed by atoms with van der Waals surface area (Å²) in [5, 5.41) is 11.0. The number of benzene rings is 1. The zero-order valence-corrected chi connectivity index (χ0v) is 13.7. The summed E-state index contributed by atoms with van der Waals surface area (Å²) in [6.07, 6.45) is 7.39. The van der Waals surface area contributed by atoms with E-state index in [-0.39, 0.29) is 5.76 Å². The van der Waals surface area contributed by atoms with E-state index in [2.05, 4.69) is 6.92 Å². The molecule has 2 aromatic rings. The maximum Gasteiger partial charge on any atom is 0.336 e. The molecule has 0 saturated carbocycles. The summed E-state index contributed by atoms with van der Waals surface area (Å²) in [6, 6.07) is 8.34. The van der Waals surface area contributed by atoms with Crippen molar-refractivity contribution in [2.45, 2.75) is 39.2 Å². The molecule has 122 valence electrons. The largest absolute Gasteiger partial charge is 0.508 e. The Kier molecular flexibility index (Phi) is 5.27. The van der Waals surface area contributed by atoms with Gasteiger partial charge in [-0.3, -0.25) is 0 Å². The first kappa shape index (κ1) is 16.9. The predicted octanol–water partition coefficient (Wildman–Crippen LogP) is 4.75. The first-order chi connectivity index (χ1) is 10.9. The van der Waals surface area contributed by atoms with E-state index in [9.17, 15) is 9.90 Å². The van der Waals surface area contributed by atoms with Crippen LogP contribution in [0.15, 0.2) is 63.5 Å². The van der Waals surface area contributed by atoms with Crippen LogP contribution in [0.3, 0.4) is 0 Å². The van der Waals surface area contributed by atoms with Crippen LogP contribution in [0.25, 0.3) is 11.0 Å². The van der Waals surface area contributed by atoms with Gasteiger partial charge >= 0.3 is 5.63 Å². The highest BCUT2D eigenvalue weighted by Gasteiger charge is 2.25. The second-order valence-corrected chi connectivity index (χ2v) is 5.77. The molecule has 4 nitrogen and oxygen atoms in total. The standard InChI is InChI=1S/C19H22O4/c1-4-5-6-7-8-17(20)19(2,3)23-15-11-9-14-10-12-18(21)22-16(14)13-15/h5-6,8-13,20H,4,7H2,1-3H3/b6-5+,17-8-. The molecule has 23 heavy (non-hydrogen) atoms. The van der Waals surface area contributed by atoms with Crippen molar-refractivity contribution in [1.82, 2.24) is 0 Å². The van der Waals surface area contributed by atoms with Gasteiger partial charge in [-0.25, -0.2) is 4.79 Å². The van der Waals surface area contributed by atoms with Crippen molar-refractivity contribution >= 4 is 11.0 Å². The molecule has 0 bridgehead atoms. The van der Waals surface area contributed by atoms with Gasteiger partial charge in [0, 0.05) is 17.5 Å². The lowest BCUT2D eigenvalue weighted by atomic mass is 10.1. The predicted molar refractivity (Wildman–Crippen MR) is 92.0 cm³/mol. The maximum absolute atomic E-state index is 11.3. The van der Waals surface area contributed by atoms with Gasteiger partial charge < -0.3 is 14.3 Å². The average Bonchev–Trinajstić information content (AvgIpc) is 2.50. The molecule has 0 unspecified atom stereocenters. The van der Waals surface area contributed by atoms with E-state index in [0.29, 0.717) is 17.8 Å². The van der Waals surface area contributed by atoms with Crippen LogP contribution in [0.1, 0.15) is 33.6 Å². The van der Waals surface area contributed by atoms with E-state index >= 15 is 0 Å². The Hall–Kier alpha value is -2.49. The average molecular weight is 314 g/mol. The van der Waals surface area contributed by atoms with Crippen molar-refractivity contribution < 1.29 is 14.3 Å². The molecule has 4 heteroatoms. The fourth-order valence-corrected chi connectivity index (χ4v) is 2.14. The highest BCUT2D eigenvalue weighted by atomic mass is 16.5. The number of allylic oxidation sites excluding steroid dienone is 3. The van der Waals surface area contributed by atoms with E-state index in [4.69, 9.17) is 9.15 Å². The molecule has 0 radical (unpaired) electrons. The van der Waals surface area contributed by atoms with Crippen molar-refractivity contribution in [2.24, 2.45) is 0 Å². The van der Waals surface area contributed by atoms with Crippen molar-refractivity contribution in [1.29, 1.82) is 0 Å². The lowest BCUT2D eigenvalue weighted by molar-refractivity contribution is 0.0958. The summed E-state index contributed by atoms with van der Waals surface area (Å²) in [4.78, 5) is 11.3. The van der Waals surface area contributed by atoms with Crippen LogP contribution in [0.2, 0.25) is 0 Å². The number of rotatable bonds is 6. The molecular formula is C19H22O4. The van der Waals surface area contributed by atoms with E-state index in [1.54, 1.807) is 38.1 Å². The highest BCUT2D eigenvalue weighted by Crippen LogP contribution is 2.26. The van der Waals surface area contributed by atoms with Crippen LogP contribution >= 0.6 is 0 Å². The van der Waals surface area contributed by atoms with Gasteiger partial charge in [-0.05, 0) is 51.0 Å². The zero-order chi connectivity index (χ0) is 16.9. The Morgan fingerprint density at radius 1 is 1.26 bits per heavy atom. The van der Waals surface area contributed by atoms with E-state index in [1.807, 2.05) is 18.2 Å². The fraction of sp³-hybridized carbons (Fsp3) is 0.316. The summed E-state index contributed by atoms with van der Waals surface area (Å²) in [7, 11) is 0. The van der Waals surface area contributed by atoms with Crippen molar-refractivity contribution in [2.75, 3.05) is 0 Å². The quantitative estimate of drug-likeness (QED) is 0.475. The molecule has 0 aliphatic carbocycles. The summed E-state index contributed by atoms with van der Waals surface area (Å²) in [5.74, 6) is 0.689. The number of ether oxygens (including phenoxy) is 1. The molecule has 1 aromatic carbocycles. The molecule has 0 aliphatic rings. The molecule has 1 aromatic heterocycles. The third-order valence-electron chi connectivity index (χ3n) is 3.43. The number of aliphatic hydroxyl groups is 1. The first-order valence-corrected chi connectivity index (χ1v) is 7.70. The van der Waals surface area contributed by atoms with E-state index < -0.39 is 11.2 Å². The Labute approximate surface area is 135 Å². The van der Waals surface area contributed by atoms with Gasteiger partial charge in [0.05, 0.1) is 0 Å². The van der Waals surface area contributed by atoms with Crippen LogP contribution in [0, 0.1) is 0 Å². The summed E-state index contributed by atoms with van der Waals surface area (Å²) >= 11 is 0. The molecule has 1 N–H and O–H groups in total. The van der Waals surface area contributed by atoms with Gasteiger partial charge in [0.2, 0.25) is 0 Å². The Morgan fingerprint density at radius 3 is 2.74 bits per heavy atom. The zero-order valence-electron chi connectivity index (χ0n) is 13.7. The van der Waals surface area contributed by atoms with Gasteiger partial charge in [0.1, 0.15) is 17.1 Å². The summed E-state index contributed by atoms with van der Waals surface area (Å²) < 4.78 is 11.0. The molecule has 0 saturated heterocycles. The van der Waals surface area contributed by atoms with Gasteiger partial charge in [-0.1, -0.05) is 19.1 Å². The Balaban J connectivity index is 2.19. The van der Waals surface area contributed by atoms with E-state index in [1.165, 1.54) is 6.07 Å². The van der Waals surface area contributed by atoms with Crippen molar-refractivity contribution in [3.05, 3.63) is 64.7 Å². The Bertz CT molecular complexity index is 781. The highest BCUT2D eigenvalue weighted by molar-refractivity contribution is 5.77. The van der Waals surface area contributed by atoms with Gasteiger partial charge in [-0.2, -0.15) is 0 Å². The number of fused-ring (bicyclic) bond motifs is 1. The molecule has 1 heterocycles. The smallest absolute Gasteiger partial charge is 0.336 e. The van der Waals surface area contributed by atoms with Crippen LogP contribution in [-0.2, 0) is 0 Å². The second-order valence-electron chi connectivity index (χ2n) is 5.77. The normalized spacial score (nSPS) is 12.9. The van der Waals surface area contributed by atoms with Crippen LogP contribution in [0.5, 0.6) is 5.75 Å². The molecule has 2 rings (SSSR count). The van der Waals surface area contributed by atoms with Gasteiger partial charge in [0.15, 0.2) is 5.60 Å². The molecule has 0 spiro atoms. The van der Waals surface area contributed by atoms with Gasteiger partial charge in [0.25, 0.3) is 0 Å². The maximum atomic E-state index is 11.3. The lowest BCUT2D eigenvalue weighted by Crippen LogP contribution is -2.30. The molecule has 0 aliphatic heterocycles. The molecular weight excluding hydrogens is 292 g/mol. The molecule has 0 fully saturated rings. The topological polar surface area (TPSA) is 59.7 Å². The minimum Gasteiger partial charge on any atom is -0.508 e. The summed E-state index contributed by atoms with van der Waals surface area (Å²) in [6.45, 7) is 5.63. The minimum atomic E-state index is -0.872. The monoisotopic (exact) mass is 314 g/mol. The number of hydrogen-bond donors (Lipinski definition) is 1. The SMILES string of the molecule is CC/C=C/C/C=C(\O)C(C)(C)Oc1ccc2ccc(=O)oc2c1. The van der Waals surface area contributed by atoms with Crippen molar-refractivity contribution in [3.63, 3.8) is 0 Å². The minimum absolute atomic E-state index is 0.160. The summed E-state index contributed by atoms with van der Waals surface area (Å²) in [5.41, 5.74) is -0.817. The van der Waals surface area contributed by atoms with Crippen LogP contribution in [-0.4, -0.2) is 10.7 Å². The molecule has 0 amide bonds. The van der Waals surface area contributed by atoms with Gasteiger partial charge in [-0.15, -0.1) is 0 Å². The number of hydrogen-bond acceptors (Lipinski definition) is 4. The first-order valence-electron chi connectivity index (χ1n) is 7.70.